The minimum absolute atomic E-state index is 0.0268. The molecule has 2 aromatic heterocycles. The quantitative estimate of drug-likeness (QED) is 0.0410. The van der Waals surface area contributed by atoms with Crippen molar-refractivity contribution in [3.63, 3.8) is 0 Å². The summed E-state index contributed by atoms with van der Waals surface area (Å²) in [4.78, 5) is 197. The van der Waals surface area contributed by atoms with Crippen LogP contribution < -0.4 is 37.2 Å². The van der Waals surface area contributed by atoms with Gasteiger partial charge in [-0.25, -0.2) is 17.8 Å². The standard InChI is InChI=1S/C83H109Cl2FN14O18S/c1-10-11-12-13-14-17-33-97(6)77(111)64-41-69(104)91-65(45-101)79(113)100-34-18-21-66(100)73(107)92-61(32-35-119(9,117)118)72(106)94-63(38-52-26-31-68(103)59(86)37-52)78(112)99(8)82(4,42-56-44-87-47-90-56)80(114)89-46-83(5,116)81(115)96-70(49(3)102)75(109)93-62(40-53-43-88-60-20-16-15-19-57(53)60)71(105)48(2)58(36-50-22-27-54(84)28-23-50)76(110)98(7)67(74(108)95-64)39-51-24-29-55(85)30-25-51/h15-16,19-20,22-31,37,43-44,47-49,58,61-67,70,88,101-103,116H,10-14,17-18,21,32-36,38-42,45-46H2,1-9H3,(H,87,90)(H,89,114)(H,91,104)(H,92,107)(H,93,109)(H,94,106)(H,95,108)(H,96,115)/t48?,49-,58-,61+,62+,63+,64+,65+,66+,67+,70+,82+,83-/m1/s1. The lowest BCUT2D eigenvalue weighted by Gasteiger charge is -2.40. The second kappa shape index (κ2) is 42.5. The first-order valence-electron chi connectivity index (χ1n) is 39.7. The van der Waals surface area contributed by atoms with Crippen LogP contribution in [0.15, 0.2) is 110 Å². The number of fused-ring (bicyclic) bond motifs is 2. The third-order valence-electron chi connectivity index (χ3n) is 22.1. The molecular formula is C83H109Cl2FN14O18S. The van der Waals surface area contributed by atoms with Crippen molar-refractivity contribution in [2.45, 2.75) is 197 Å². The van der Waals surface area contributed by atoms with Gasteiger partial charge in [-0.15, -0.1) is 0 Å². The summed E-state index contributed by atoms with van der Waals surface area (Å²) < 4.78 is 41.0. The van der Waals surface area contributed by atoms with Gasteiger partial charge < -0.3 is 87.2 Å². The fourth-order valence-corrected chi connectivity index (χ4v) is 15.6. The van der Waals surface area contributed by atoms with Crippen molar-refractivity contribution in [1.82, 2.24) is 71.8 Å². The number of ketones is 1. The van der Waals surface area contributed by atoms with E-state index in [0.717, 1.165) is 86.1 Å². The number of para-hydroxylation sites is 1. The molecule has 32 nitrogen and oxygen atoms in total. The molecule has 646 valence electrons. The Bertz CT molecular complexity index is 4710. The molecule has 13 atom stereocenters. The highest BCUT2D eigenvalue weighted by Gasteiger charge is 2.48. The number of aliphatic hydroxyl groups excluding tert-OH is 2. The number of likely N-dealkylation sites (N-methyl/N-ethyl adjacent to an activating group) is 3. The number of unbranched alkanes of at least 4 members (excludes halogenated alkanes) is 5. The van der Waals surface area contributed by atoms with Crippen molar-refractivity contribution in [3.8, 4) is 5.75 Å². The number of halogens is 3. The van der Waals surface area contributed by atoms with Crippen LogP contribution in [0.2, 0.25) is 10.0 Å². The largest absolute Gasteiger partial charge is 0.505 e. The summed E-state index contributed by atoms with van der Waals surface area (Å²) in [5, 5.41) is 63.9. The van der Waals surface area contributed by atoms with Gasteiger partial charge in [0.2, 0.25) is 59.1 Å². The van der Waals surface area contributed by atoms with Crippen LogP contribution >= 0.6 is 23.2 Å². The molecule has 4 aromatic carbocycles. The average Bonchev–Trinajstić information content (AvgIpc) is 1.58. The minimum atomic E-state index is -3.97. The number of H-pyrrole nitrogens is 2. The highest BCUT2D eigenvalue weighted by Crippen LogP contribution is 2.30. The van der Waals surface area contributed by atoms with Gasteiger partial charge in [-0.2, -0.15) is 0 Å². The first kappa shape index (κ1) is 94.1. The van der Waals surface area contributed by atoms with Crippen LogP contribution in [0, 0.1) is 17.7 Å². The molecular weight excluding hydrogens is 1600 g/mol. The number of hydrogen-bond acceptors (Lipinski definition) is 19. The van der Waals surface area contributed by atoms with E-state index in [-0.39, 0.29) is 56.5 Å². The van der Waals surface area contributed by atoms with E-state index in [4.69, 9.17) is 23.2 Å². The Hall–Kier alpha value is -10.4. The number of phenols is 1. The van der Waals surface area contributed by atoms with Crippen LogP contribution in [-0.2, 0) is 99.5 Å². The van der Waals surface area contributed by atoms with Crippen molar-refractivity contribution < 1.29 is 90.8 Å². The van der Waals surface area contributed by atoms with Gasteiger partial charge in [0.1, 0.15) is 57.7 Å². The predicted molar refractivity (Wildman–Crippen MR) is 440 cm³/mol. The highest BCUT2D eigenvalue weighted by molar-refractivity contribution is 7.90. The fraction of sp³-hybridized carbons (Fsp3) is 0.506. The van der Waals surface area contributed by atoms with E-state index in [0.29, 0.717) is 44.1 Å². The van der Waals surface area contributed by atoms with Gasteiger partial charge in [-0.3, -0.25) is 57.5 Å². The monoisotopic (exact) mass is 1710 g/mol. The molecule has 2 aliphatic heterocycles. The molecule has 1 unspecified atom stereocenters. The van der Waals surface area contributed by atoms with E-state index >= 15 is 38.0 Å². The van der Waals surface area contributed by atoms with Gasteiger partial charge in [-0.1, -0.05) is 118 Å². The number of β-amino-alcohol motifs (C(OH)–C–C–N with tert-alkyl or cyclic N) is 1. The van der Waals surface area contributed by atoms with Crippen molar-refractivity contribution in [2.24, 2.45) is 11.8 Å². The second-order valence-corrected chi connectivity index (χ2v) is 34.6. The zero-order valence-electron chi connectivity index (χ0n) is 68.2. The number of benzene rings is 4. The Balaban J connectivity index is 1.25. The smallest absolute Gasteiger partial charge is 0.254 e. The average molecular weight is 1710 g/mol. The van der Waals surface area contributed by atoms with Crippen molar-refractivity contribution >= 4 is 115 Å². The van der Waals surface area contributed by atoms with Gasteiger partial charge in [0.15, 0.2) is 23.0 Å². The number of phenolic OH excluding ortho intramolecular Hbond substituents is 1. The topological polar surface area (TPSA) is 462 Å². The lowest BCUT2D eigenvalue weighted by molar-refractivity contribution is -0.149. The number of rotatable bonds is 23. The zero-order chi connectivity index (χ0) is 87.4. The molecule has 0 spiro atoms. The van der Waals surface area contributed by atoms with Crippen LogP contribution in [0.25, 0.3) is 10.9 Å². The summed E-state index contributed by atoms with van der Waals surface area (Å²) >= 11 is 12.8. The van der Waals surface area contributed by atoms with Crippen LogP contribution in [0.5, 0.6) is 5.75 Å². The summed E-state index contributed by atoms with van der Waals surface area (Å²) in [6.45, 7) is 4.77. The fourth-order valence-electron chi connectivity index (χ4n) is 14.7. The van der Waals surface area contributed by atoms with Gasteiger partial charge >= 0.3 is 0 Å². The number of carbonyl (C=O) groups is 12. The van der Waals surface area contributed by atoms with E-state index in [2.05, 4.69) is 59.1 Å². The van der Waals surface area contributed by atoms with Crippen LogP contribution in [-0.4, -0.2) is 259 Å². The molecule has 0 saturated carbocycles. The zero-order valence-corrected chi connectivity index (χ0v) is 70.5. The van der Waals surface area contributed by atoms with Gasteiger partial charge in [0.05, 0.1) is 49.7 Å². The Morgan fingerprint density at radius 1 is 0.723 bits per heavy atom. The lowest BCUT2D eigenvalue weighted by atomic mass is 9.80. The van der Waals surface area contributed by atoms with E-state index in [1.807, 2.05) is 0 Å². The van der Waals surface area contributed by atoms with Crippen LogP contribution in [0.3, 0.4) is 0 Å². The number of carbonyl (C=O) groups excluding carboxylic acids is 12. The minimum Gasteiger partial charge on any atom is -0.505 e. The van der Waals surface area contributed by atoms with Gasteiger partial charge in [0.25, 0.3) is 5.91 Å². The Kier molecular flexibility index (Phi) is 33.6. The summed E-state index contributed by atoms with van der Waals surface area (Å²) in [6.07, 6.45) is 4.86. The third-order valence-corrected chi connectivity index (χ3v) is 23.6. The molecule has 8 rings (SSSR count). The van der Waals surface area contributed by atoms with Crippen LogP contribution in [0.1, 0.15) is 127 Å². The Morgan fingerprint density at radius 3 is 1.98 bits per heavy atom. The van der Waals surface area contributed by atoms with E-state index in [1.54, 1.807) is 79.0 Å². The first-order chi connectivity index (χ1) is 56.2. The molecule has 11 amide bonds. The number of aromatic amines is 2. The SMILES string of the molecule is CCCCCCCCN(C)C(=O)[C@@H]1CC(=O)N[C@@H](CO)C(=O)N2CCC[C@H]2C(=O)N[C@@H](CCS(C)(=O)=O)C(=O)N[C@@H](Cc2ccc(O)c(F)c2)C(=O)N(C)[C@@](C)(Cc2cnc[nH]2)C(=O)NC[C@@](C)(O)C(=O)N[C@@H]([C@@H](C)O)C(=O)N[C@@H](Cc2c[nH]c3ccccc23)C(=O)C(C)[C@@H](Cc2ccc(Cl)cc2)C(=O)N(C)[C@@H](Cc2ccc(Cl)cc2)C(=O)N1. The maximum absolute atomic E-state index is 16.1. The van der Waals surface area contributed by atoms with E-state index in [1.165, 1.54) is 51.4 Å². The normalized spacial score (nSPS) is 24.9. The number of aliphatic hydroxyl groups is 3. The predicted octanol–water partition coefficient (Wildman–Crippen LogP) is 3.22. The molecule has 119 heavy (non-hydrogen) atoms. The number of aromatic hydroxyl groups is 1. The third kappa shape index (κ3) is 25.6. The number of sulfone groups is 1. The number of Topliss-reactive ketones (excluding diaryl/α,β-unsaturated/α-hetero) is 1. The summed E-state index contributed by atoms with van der Waals surface area (Å²) in [5.74, 6) is -18.0. The Labute approximate surface area is 700 Å². The molecule has 4 heterocycles. The number of hydrogen-bond donors (Lipinski definition) is 13. The molecule has 2 saturated heterocycles. The number of imidazole rings is 1. The molecule has 6 aromatic rings. The number of nitrogens with one attached hydrogen (secondary N) is 9. The first-order valence-corrected chi connectivity index (χ1v) is 42.5. The molecule has 0 aliphatic carbocycles. The second-order valence-electron chi connectivity index (χ2n) is 31.4. The maximum Gasteiger partial charge on any atom is 0.254 e. The maximum atomic E-state index is 16.1. The van der Waals surface area contributed by atoms with Crippen molar-refractivity contribution in [1.29, 1.82) is 0 Å². The van der Waals surface area contributed by atoms with E-state index < -0.39 is 214 Å². The van der Waals surface area contributed by atoms with Crippen molar-refractivity contribution in [2.75, 3.05) is 59.4 Å². The number of amides is 11. The lowest BCUT2D eigenvalue weighted by Crippen LogP contribution is -2.65. The molecule has 0 radical (unpaired) electrons. The van der Waals surface area contributed by atoms with Crippen molar-refractivity contribution in [3.05, 3.63) is 154 Å². The number of aromatic nitrogens is 3. The molecule has 2 aliphatic rings. The van der Waals surface area contributed by atoms with Gasteiger partial charge in [0, 0.05) is 111 Å². The summed E-state index contributed by atoms with van der Waals surface area (Å²) in [6, 6.07) is 8.72. The Morgan fingerprint density at radius 2 is 1.35 bits per heavy atom. The molecule has 2 fully saturated rings. The van der Waals surface area contributed by atoms with Crippen LogP contribution in [0.4, 0.5) is 4.39 Å². The molecule has 0 bridgehead atoms. The summed E-state index contributed by atoms with van der Waals surface area (Å²) in [7, 11) is -0.0332. The molecule has 13 N–H and O–H groups in total. The highest BCUT2D eigenvalue weighted by atomic mass is 35.5. The summed E-state index contributed by atoms with van der Waals surface area (Å²) in [5.41, 5.74) is -2.62. The van der Waals surface area contributed by atoms with Gasteiger partial charge in [-0.05, 0) is 118 Å². The van der Waals surface area contributed by atoms with E-state index in [9.17, 15) is 52.8 Å². The molecule has 36 heteroatoms. The number of nitrogens with zero attached hydrogens (tertiary/aromatic N) is 5.